The zero-order chi connectivity index (χ0) is 16.0. The summed E-state index contributed by atoms with van der Waals surface area (Å²) in [6.07, 6.45) is 1.17. The fourth-order valence-electron chi connectivity index (χ4n) is 3.02. The summed E-state index contributed by atoms with van der Waals surface area (Å²) in [5.74, 6) is 1.12. The van der Waals surface area contributed by atoms with Crippen LogP contribution in [0.5, 0.6) is 0 Å². The van der Waals surface area contributed by atoms with Crippen molar-refractivity contribution in [3.63, 3.8) is 0 Å². The maximum atomic E-state index is 2.25. The van der Waals surface area contributed by atoms with E-state index in [4.69, 9.17) is 0 Å². The van der Waals surface area contributed by atoms with E-state index in [0.29, 0.717) is 0 Å². The van der Waals surface area contributed by atoms with E-state index in [0.717, 1.165) is 5.75 Å². The quantitative estimate of drug-likeness (QED) is 0.493. The van der Waals surface area contributed by atoms with E-state index in [9.17, 15) is 0 Å². The molecule has 0 aliphatic carbocycles. The van der Waals surface area contributed by atoms with Crippen molar-refractivity contribution >= 4 is 11.8 Å². The van der Waals surface area contributed by atoms with Crippen LogP contribution in [0.15, 0.2) is 91.0 Å². The van der Waals surface area contributed by atoms with Crippen LogP contribution in [0.2, 0.25) is 0 Å². The van der Waals surface area contributed by atoms with Gasteiger partial charge in [0, 0.05) is 0 Å². The summed E-state index contributed by atoms with van der Waals surface area (Å²) < 4.78 is -0.153. The number of rotatable bonds is 6. The predicted octanol–water partition coefficient (Wildman–Crippen LogP) is 6.12. The molecule has 3 aromatic carbocycles. The Hall–Kier alpha value is -1.99. The first kappa shape index (κ1) is 15.9. The Kier molecular flexibility index (Phi) is 5.19. The van der Waals surface area contributed by atoms with Gasteiger partial charge in [-0.1, -0.05) is 97.9 Å². The standard InChI is InChI=1S/C22H22S/c1-2-18-23-22(19-12-6-3-7-13-19,20-14-8-4-9-15-20)21-16-10-5-11-17-21/h3-17H,2,18H2,1H3. The van der Waals surface area contributed by atoms with Crippen LogP contribution in [0, 0.1) is 0 Å². The predicted molar refractivity (Wildman–Crippen MR) is 102 cm³/mol. The van der Waals surface area contributed by atoms with Gasteiger partial charge >= 0.3 is 0 Å². The van der Waals surface area contributed by atoms with Crippen molar-refractivity contribution in [1.82, 2.24) is 0 Å². The molecule has 0 heterocycles. The van der Waals surface area contributed by atoms with E-state index in [1.54, 1.807) is 0 Å². The molecule has 0 aliphatic heterocycles. The lowest BCUT2D eigenvalue weighted by molar-refractivity contribution is 0.890. The molecule has 0 aromatic heterocycles. The Morgan fingerprint density at radius 1 is 0.609 bits per heavy atom. The summed E-state index contributed by atoms with van der Waals surface area (Å²) in [6.45, 7) is 2.25. The molecule has 1 heteroatoms. The Morgan fingerprint density at radius 3 is 1.26 bits per heavy atom. The van der Waals surface area contributed by atoms with Crippen molar-refractivity contribution < 1.29 is 0 Å². The summed E-state index contributed by atoms with van der Waals surface area (Å²) in [7, 11) is 0. The molecule has 3 aromatic rings. The molecule has 0 saturated heterocycles. The Bertz CT molecular complexity index is 608. The van der Waals surface area contributed by atoms with Gasteiger partial charge in [-0.15, -0.1) is 11.8 Å². The molecule has 0 radical (unpaired) electrons. The second-order valence-electron chi connectivity index (χ2n) is 5.63. The van der Waals surface area contributed by atoms with Crippen LogP contribution >= 0.6 is 11.8 Å². The van der Waals surface area contributed by atoms with E-state index >= 15 is 0 Å². The van der Waals surface area contributed by atoms with Gasteiger partial charge < -0.3 is 0 Å². The van der Waals surface area contributed by atoms with Gasteiger partial charge in [-0.25, -0.2) is 0 Å². The third-order valence-corrected chi connectivity index (χ3v) is 5.82. The van der Waals surface area contributed by atoms with Crippen molar-refractivity contribution in [2.75, 3.05) is 5.75 Å². The normalized spacial score (nSPS) is 11.3. The SMILES string of the molecule is CCCSC(c1ccccc1)(c1ccccc1)c1ccccc1. The fourth-order valence-corrected chi connectivity index (χ4v) is 4.44. The maximum Gasteiger partial charge on any atom is 0.0906 e. The Labute approximate surface area is 143 Å². The lowest BCUT2D eigenvalue weighted by Crippen LogP contribution is -2.26. The van der Waals surface area contributed by atoms with E-state index in [1.165, 1.54) is 23.1 Å². The maximum absolute atomic E-state index is 2.25. The minimum atomic E-state index is -0.153. The fraction of sp³-hybridized carbons (Fsp3) is 0.182. The van der Waals surface area contributed by atoms with E-state index in [1.807, 2.05) is 11.8 Å². The molecular weight excluding hydrogens is 296 g/mol. The Morgan fingerprint density at radius 2 is 0.957 bits per heavy atom. The summed E-state index contributed by atoms with van der Waals surface area (Å²) in [5, 5.41) is 0. The molecule has 0 unspecified atom stereocenters. The van der Waals surface area contributed by atoms with Gasteiger partial charge in [0.1, 0.15) is 0 Å². The molecule has 23 heavy (non-hydrogen) atoms. The van der Waals surface area contributed by atoms with Gasteiger partial charge in [0.05, 0.1) is 4.75 Å². The summed E-state index contributed by atoms with van der Waals surface area (Å²) in [6, 6.07) is 32.6. The van der Waals surface area contributed by atoms with Crippen LogP contribution in [0.4, 0.5) is 0 Å². The molecular formula is C22H22S. The molecule has 116 valence electrons. The molecule has 0 N–H and O–H groups in total. The zero-order valence-electron chi connectivity index (χ0n) is 13.5. The first-order valence-electron chi connectivity index (χ1n) is 8.18. The van der Waals surface area contributed by atoms with Gasteiger partial charge in [0.15, 0.2) is 0 Å². The lowest BCUT2D eigenvalue weighted by Gasteiger charge is -2.35. The lowest BCUT2D eigenvalue weighted by atomic mass is 9.84. The van der Waals surface area contributed by atoms with Crippen LogP contribution in [-0.2, 0) is 4.75 Å². The largest absolute Gasteiger partial charge is 0.141 e. The van der Waals surface area contributed by atoms with Crippen LogP contribution < -0.4 is 0 Å². The highest BCUT2D eigenvalue weighted by molar-refractivity contribution is 8.00. The molecule has 0 bridgehead atoms. The topological polar surface area (TPSA) is 0 Å². The van der Waals surface area contributed by atoms with E-state index in [2.05, 4.69) is 97.9 Å². The van der Waals surface area contributed by atoms with Crippen LogP contribution in [0.1, 0.15) is 30.0 Å². The first-order chi connectivity index (χ1) is 11.4. The molecule has 0 saturated carbocycles. The summed E-state index contributed by atoms with van der Waals surface area (Å²) in [5.41, 5.74) is 4.03. The van der Waals surface area contributed by atoms with Gasteiger partial charge in [0.2, 0.25) is 0 Å². The number of hydrogen-bond donors (Lipinski definition) is 0. The number of benzene rings is 3. The van der Waals surface area contributed by atoms with Crippen molar-refractivity contribution in [3.8, 4) is 0 Å². The second kappa shape index (κ2) is 7.52. The monoisotopic (exact) mass is 318 g/mol. The highest BCUT2D eigenvalue weighted by Crippen LogP contribution is 2.48. The van der Waals surface area contributed by atoms with Crippen LogP contribution in [0.25, 0.3) is 0 Å². The van der Waals surface area contributed by atoms with Crippen molar-refractivity contribution in [2.45, 2.75) is 18.1 Å². The third-order valence-electron chi connectivity index (χ3n) is 4.06. The second-order valence-corrected chi connectivity index (χ2v) is 6.94. The van der Waals surface area contributed by atoms with Gasteiger partial charge in [0.25, 0.3) is 0 Å². The molecule has 3 rings (SSSR count). The highest BCUT2D eigenvalue weighted by Gasteiger charge is 2.36. The number of hydrogen-bond acceptors (Lipinski definition) is 1. The van der Waals surface area contributed by atoms with Crippen LogP contribution in [0.3, 0.4) is 0 Å². The van der Waals surface area contributed by atoms with Crippen molar-refractivity contribution in [2.24, 2.45) is 0 Å². The molecule has 0 fully saturated rings. The minimum Gasteiger partial charge on any atom is -0.141 e. The van der Waals surface area contributed by atoms with Crippen LogP contribution in [-0.4, -0.2) is 5.75 Å². The molecule has 0 nitrogen and oxygen atoms in total. The summed E-state index contributed by atoms with van der Waals surface area (Å²) in [4.78, 5) is 0. The van der Waals surface area contributed by atoms with Gasteiger partial charge in [-0.05, 0) is 28.9 Å². The molecule has 0 spiro atoms. The minimum absolute atomic E-state index is 0.153. The zero-order valence-corrected chi connectivity index (χ0v) is 14.3. The highest BCUT2D eigenvalue weighted by atomic mass is 32.2. The smallest absolute Gasteiger partial charge is 0.0906 e. The summed E-state index contributed by atoms with van der Waals surface area (Å²) >= 11 is 2.03. The van der Waals surface area contributed by atoms with Gasteiger partial charge in [-0.3, -0.25) is 0 Å². The van der Waals surface area contributed by atoms with E-state index in [-0.39, 0.29) is 4.75 Å². The average molecular weight is 318 g/mol. The first-order valence-corrected chi connectivity index (χ1v) is 9.17. The van der Waals surface area contributed by atoms with Gasteiger partial charge in [-0.2, -0.15) is 0 Å². The molecule has 0 atom stereocenters. The van der Waals surface area contributed by atoms with E-state index < -0.39 is 0 Å². The molecule has 0 amide bonds. The number of thioether (sulfide) groups is 1. The Balaban J connectivity index is 2.25. The molecule has 0 aliphatic rings. The van der Waals surface area contributed by atoms with Crippen molar-refractivity contribution in [1.29, 1.82) is 0 Å². The average Bonchev–Trinajstić information content (AvgIpc) is 2.65. The van der Waals surface area contributed by atoms with Crippen molar-refractivity contribution in [3.05, 3.63) is 108 Å². The third kappa shape index (κ3) is 3.20.